The first kappa shape index (κ1) is 12.2. The van der Waals surface area contributed by atoms with E-state index in [-0.39, 0.29) is 5.54 Å². The molecule has 96 valence electrons. The van der Waals surface area contributed by atoms with Crippen LogP contribution in [0.5, 0.6) is 0 Å². The zero-order chi connectivity index (χ0) is 12.9. The quantitative estimate of drug-likeness (QED) is 0.902. The summed E-state index contributed by atoms with van der Waals surface area (Å²) >= 11 is 3.68. The maximum absolute atomic E-state index is 6.14. The van der Waals surface area contributed by atoms with E-state index in [0.717, 1.165) is 13.0 Å². The van der Waals surface area contributed by atoms with Crippen LogP contribution in [-0.4, -0.2) is 10.1 Å². The number of nitrogens with two attached hydrogens (primary N) is 1. The zero-order valence-corrected chi connectivity index (χ0v) is 12.5. The van der Waals surface area contributed by atoms with Crippen LogP contribution in [0, 0.1) is 0 Å². The average molecular weight is 307 g/mol. The van der Waals surface area contributed by atoms with Crippen LogP contribution in [0.2, 0.25) is 0 Å². The Kier molecular flexibility index (Phi) is 2.79. The van der Waals surface area contributed by atoms with Crippen LogP contribution in [0.25, 0.3) is 10.9 Å². The van der Waals surface area contributed by atoms with E-state index in [9.17, 15) is 0 Å². The highest BCUT2D eigenvalue weighted by Crippen LogP contribution is 2.34. The van der Waals surface area contributed by atoms with Gasteiger partial charge in [-0.05, 0) is 66.2 Å². The highest BCUT2D eigenvalue weighted by Gasteiger charge is 2.18. The third-order valence-electron chi connectivity index (χ3n) is 3.57. The first-order valence-corrected chi connectivity index (χ1v) is 7.32. The standard InChI is InChI=1S/C15H19BrN2/c1-15(2,17)8-10-6-11-4-3-5-18-9-13(16)12(7-10)14(11)18/h6-7,9H,3-5,8,17H2,1-2H3. The van der Waals surface area contributed by atoms with Crippen LogP contribution in [0.15, 0.2) is 22.8 Å². The van der Waals surface area contributed by atoms with Gasteiger partial charge in [0.25, 0.3) is 0 Å². The highest BCUT2D eigenvalue weighted by atomic mass is 79.9. The Morgan fingerprint density at radius 2 is 2.17 bits per heavy atom. The monoisotopic (exact) mass is 306 g/mol. The number of aryl methyl sites for hydroxylation is 2. The predicted octanol–water partition coefficient (Wildman–Crippen LogP) is 3.63. The SMILES string of the molecule is CC(C)(N)Cc1cc2c3c(c1)c(Br)cn3CCC2. The van der Waals surface area contributed by atoms with Crippen molar-refractivity contribution in [1.29, 1.82) is 0 Å². The molecule has 0 radical (unpaired) electrons. The molecule has 0 aliphatic carbocycles. The maximum Gasteiger partial charge on any atom is 0.0524 e. The Balaban J connectivity index is 2.18. The second-order valence-electron chi connectivity index (χ2n) is 6.09. The van der Waals surface area contributed by atoms with Crippen molar-refractivity contribution in [1.82, 2.24) is 4.57 Å². The van der Waals surface area contributed by atoms with Crippen molar-refractivity contribution in [2.45, 2.75) is 45.2 Å². The smallest absolute Gasteiger partial charge is 0.0524 e. The number of hydrogen-bond acceptors (Lipinski definition) is 1. The van der Waals surface area contributed by atoms with Gasteiger partial charge < -0.3 is 10.3 Å². The van der Waals surface area contributed by atoms with Crippen molar-refractivity contribution >= 4 is 26.8 Å². The van der Waals surface area contributed by atoms with Gasteiger partial charge in [-0.1, -0.05) is 6.07 Å². The Morgan fingerprint density at radius 1 is 1.39 bits per heavy atom. The second-order valence-corrected chi connectivity index (χ2v) is 6.94. The lowest BCUT2D eigenvalue weighted by Crippen LogP contribution is -2.34. The van der Waals surface area contributed by atoms with Gasteiger partial charge in [-0.15, -0.1) is 0 Å². The summed E-state index contributed by atoms with van der Waals surface area (Å²) in [5.41, 5.74) is 10.2. The number of benzene rings is 1. The van der Waals surface area contributed by atoms with E-state index in [1.165, 1.54) is 39.3 Å². The Labute approximate surface area is 116 Å². The van der Waals surface area contributed by atoms with Crippen molar-refractivity contribution in [2.75, 3.05) is 0 Å². The molecule has 2 N–H and O–H groups in total. The topological polar surface area (TPSA) is 30.9 Å². The first-order valence-electron chi connectivity index (χ1n) is 6.53. The lowest BCUT2D eigenvalue weighted by molar-refractivity contribution is 0.516. The molecule has 0 saturated heterocycles. The second kappa shape index (κ2) is 4.10. The van der Waals surface area contributed by atoms with Crippen LogP contribution in [-0.2, 0) is 19.4 Å². The van der Waals surface area contributed by atoms with Gasteiger partial charge in [0.05, 0.1) is 5.52 Å². The molecular weight excluding hydrogens is 288 g/mol. The summed E-state index contributed by atoms with van der Waals surface area (Å²) in [4.78, 5) is 0. The van der Waals surface area contributed by atoms with Crippen LogP contribution in [0.3, 0.4) is 0 Å². The molecule has 0 atom stereocenters. The molecule has 1 aliphatic rings. The Morgan fingerprint density at radius 3 is 2.89 bits per heavy atom. The minimum Gasteiger partial charge on any atom is -0.346 e. The molecule has 3 rings (SSSR count). The van der Waals surface area contributed by atoms with E-state index in [1.54, 1.807) is 0 Å². The molecule has 0 saturated carbocycles. The van der Waals surface area contributed by atoms with E-state index in [1.807, 2.05) is 0 Å². The van der Waals surface area contributed by atoms with E-state index in [4.69, 9.17) is 5.73 Å². The molecule has 3 heteroatoms. The summed E-state index contributed by atoms with van der Waals surface area (Å²) < 4.78 is 3.58. The van der Waals surface area contributed by atoms with Gasteiger partial charge in [0.1, 0.15) is 0 Å². The van der Waals surface area contributed by atoms with Crippen molar-refractivity contribution in [3.8, 4) is 0 Å². The van der Waals surface area contributed by atoms with Gasteiger partial charge in [0.15, 0.2) is 0 Å². The van der Waals surface area contributed by atoms with Gasteiger partial charge in [-0.25, -0.2) is 0 Å². The number of aromatic nitrogens is 1. The molecule has 1 aromatic heterocycles. The van der Waals surface area contributed by atoms with Gasteiger partial charge in [-0.3, -0.25) is 0 Å². The summed E-state index contributed by atoms with van der Waals surface area (Å²) in [5, 5.41) is 1.34. The third-order valence-corrected chi connectivity index (χ3v) is 4.20. The van der Waals surface area contributed by atoms with Gasteiger partial charge in [-0.2, -0.15) is 0 Å². The lowest BCUT2D eigenvalue weighted by Gasteiger charge is -2.21. The summed E-state index contributed by atoms with van der Waals surface area (Å²) in [7, 11) is 0. The summed E-state index contributed by atoms with van der Waals surface area (Å²) in [5.74, 6) is 0. The summed E-state index contributed by atoms with van der Waals surface area (Å²) in [6, 6.07) is 4.64. The van der Waals surface area contributed by atoms with Crippen LogP contribution >= 0.6 is 15.9 Å². The van der Waals surface area contributed by atoms with Crippen molar-refractivity contribution < 1.29 is 0 Å². The van der Waals surface area contributed by atoms with Crippen molar-refractivity contribution in [3.63, 3.8) is 0 Å². The van der Waals surface area contributed by atoms with E-state index in [2.05, 4.69) is 52.7 Å². The molecule has 2 heterocycles. The fraction of sp³-hybridized carbons (Fsp3) is 0.467. The fourth-order valence-electron chi connectivity index (χ4n) is 2.99. The van der Waals surface area contributed by atoms with Crippen LogP contribution in [0.4, 0.5) is 0 Å². The Hall–Kier alpha value is -0.800. The van der Waals surface area contributed by atoms with Crippen LogP contribution in [0.1, 0.15) is 31.4 Å². The Bertz CT molecular complexity index is 605. The largest absolute Gasteiger partial charge is 0.346 e. The lowest BCUT2D eigenvalue weighted by atomic mass is 9.92. The van der Waals surface area contributed by atoms with Crippen LogP contribution < -0.4 is 5.73 Å². The molecular formula is C15H19BrN2. The maximum atomic E-state index is 6.14. The molecule has 2 aromatic rings. The summed E-state index contributed by atoms with van der Waals surface area (Å²) in [6.07, 6.45) is 5.56. The molecule has 18 heavy (non-hydrogen) atoms. The molecule has 0 unspecified atom stereocenters. The number of rotatable bonds is 2. The molecule has 0 bridgehead atoms. The number of halogens is 1. The third kappa shape index (κ3) is 2.10. The normalized spacial score (nSPS) is 15.3. The highest BCUT2D eigenvalue weighted by molar-refractivity contribution is 9.10. The predicted molar refractivity (Wildman–Crippen MR) is 79.9 cm³/mol. The number of hydrogen-bond donors (Lipinski definition) is 1. The van der Waals surface area contributed by atoms with Gasteiger partial charge in [0, 0.05) is 28.1 Å². The molecule has 0 fully saturated rings. The number of nitrogens with zero attached hydrogens (tertiary/aromatic N) is 1. The van der Waals surface area contributed by atoms with Gasteiger partial charge >= 0.3 is 0 Å². The zero-order valence-electron chi connectivity index (χ0n) is 11.0. The molecule has 2 nitrogen and oxygen atoms in total. The minimum atomic E-state index is -0.149. The summed E-state index contributed by atoms with van der Waals surface area (Å²) in [6.45, 7) is 5.31. The van der Waals surface area contributed by atoms with Crippen molar-refractivity contribution in [3.05, 3.63) is 33.9 Å². The van der Waals surface area contributed by atoms with E-state index in [0.29, 0.717) is 0 Å². The molecule has 0 amide bonds. The molecule has 0 spiro atoms. The minimum absolute atomic E-state index is 0.149. The van der Waals surface area contributed by atoms with E-state index < -0.39 is 0 Å². The van der Waals surface area contributed by atoms with Gasteiger partial charge in [0.2, 0.25) is 0 Å². The van der Waals surface area contributed by atoms with Crippen molar-refractivity contribution in [2.24, 2.45) is 5.73 Å². The molecule has 1 aromatic carbocycles. The molecule has 1 aliphatic heterocycles. The fourth-order valence-corrected chi connectivity index (χ4v) is 3.54. The average Bonchev–Trinajstić information content (AvgIpc) is 2.55. The first-order chi connectivity index (χ1) is 8.44. The van der Waals surface area contributed by atoms with E-state index >= 15 is 0 Å².